The van der Waals surface area contributed by atoms with Crippen molar-refractivity contribution in [2.75, 3.05) is 39.9 Å². The highest BCUT2D eigenvalue weighted by Crippen LogP contribution is 2.33. The van der Waals surface area contributed by atoms with Gasteiger partial charge in [0.05, 0.1) is 19.8 Å². The fraction of sp³-hybridized carbons (Fsp3) is 0.611. The molecular formula is C18H27N3O2. The fourth-order valence-electron chi connectivity index (χ4n) is 3.19. The van der Waals surface area contributed by atoms with Gasteiger partial charge >= 0.3 is 0 Å². The molecule has 5 nitrogen and oxygen atoms in total. The lowest BCUT2D eigenvalue weighted by Crippen LogP contribution is -2.52. The zero-order valence-corrected chi connectivity index (χ0v) is 14.6. The number of rotatable bonds is 6. The van der Waals surface area contributed by atoms with E-state index in [4.69, 9.17) is 9.47 Å². The number of ether oxygens (including phenoxy) is 2. The van der Waals surface area contributed by atoms with Crippen molar-refractivity contribution in [3.05, 3.63) is 23.8 Å². The van der Waals surface area contributed by atoms with Crippen molar-refractivity contribution >= 4 is 0 Å². The van der Waals surface area contributed by atoms with Gasteiger partial charge in [0, 0.05) is 25.7 Å². The minimum absolute atomic E-state index is 0.256. The molecule has 2 unspecified atom stereocenters. The average molecular weight is 317 g/mol. The van der Waals surface area contributed by atoms with Crippen LogP contribution >= 0.6 is 0 Å². The molecule has 0 radical (unpaired) electrons. The van der Waals surface area contributed by atoms with Crippen LogP contribution in [0.15, 0.2) is 18.2 Å². The van der Waals surface area contributed by atoms with Crippen molar-refractivity contribution in [3.8, 4) is 17.6 Å². The quantitative estimate of drug-likeness (QED) is 0.807. The van der Waals surface area contributed by atoms with Gasteiger partial charge in [-0.15, -0.1) is 0 Å². The summed E-state index contributed by atoms with van der Waals surface area (Å²) in [4.78, 5) is 4.70. The summed E-state index contributed by atoms with van der Waals surface area (Å²) >= 11 is 0. The molecular weight excluding hydrogens is 290 g/mol. The van der Waals surface area contributed by atoms with Gasteiger partial charge < -0.3 is 14.4 Å². The van der Waals surface area contributed by atoms with Crippen molar-refractivity contribution in [1.82, 2.24) is 9.80 Å². The second-order valence-corrected chi connectivity index (χ2v) is 5.86. The maximum Gasteiger partial charge on any atom is 0.161 e. The third kappa shape index (κ3) is 3.95. The summed E-state index contributed by atoms with van der Waals surface area (Å²) in [6.07, 6.45) is 0. The molecule has 1 aromatic rings. The Bertz CT molecular complexity index is 556. The molecule has 1 aliphatic rings. The monoisotopic (exact) mass is 317 g/mol. The molecule has 0 aromatic heterocycles. The Morgan fingerprint density at radius 2 is 2.09 bits per heavy atom. The van der Waals surface area contributed by atoms with Gasteiger partial charge in [-0.3, -0.25) is 4.90 Å². The van der Waals surface area contributed by atoms with E-state index < -0.39 is 0 Å². The fourth-order valence-corrected chi connectivity index (χ4v) is 3.19. The smallest absolute Gasteiger partial charge is 0.161 e. The molecule has 126 valence electrons. The number of nitriles is 1. The van der Waals surface area contributed by atoms with Gasteiger partial charge in [0.2, 0.25) is 0 Å². The van der Waals surface area contributed by atoms with Gasteiger partial charge in [-0.25, -0.2) is 0 Å². The van der Waals surface area contributed by atoms with Gasteiger partial charge in [-0.2, -0.15) is 5.26 Å². The predicted octanol–water partition coefficient (Wildman–Crippen LogP) is 2.68. The predicted molar refractivity (Wildman–Crippen MR) is 90.8 cm³/mol. The highest BCUT2D eigenvalue weighted by Gasteiger charge is 2.30. The third-order valence-corrected chi connectivity index (χ3v) is 4.47. The molecule has 2 atom stereocenters. The Morgan fingerprint density at radius 3 is 2.65 bits per heavy atom. The minimum atomic E-state index is -0.256. The molecule has 0 spiro atoms. The van der Waals surface area contributed by atoms with E-state index in [1.165, 1.54) is 0 Å². The lowest BCUT2D eigenvalue weighted by atomic mass is 10.0. The normalized spacial score (nSPS) is 20.7. The Kier molecular flexibility index (Phi) is 6.26. The van der Waals surface area contributed by atoms with E-state index in [9.17, 15) is 5.26 Å². The largest absolute Gasteiger partial charge is 0.493 e. The maximum atomic E-state index is 9.73. The first kappa shape index (κ1) is 17.6. The van der Waals surface area contributed by atoms with Crippen LogP contribution in [0.4, 0.5) is 0 Å². The second kappa shape index (κ2) is 8.19. The summed E-state index contributed by atoms with van der Waals surface area (Å²) in [6.45, 7) is 10.9. The van der Waals surface area contributed by atoms with Gasteiger partial charge in [-0.05, 0) is 38.1 Å². The van der Waals surface area contributed by atoms with Crippen LogP contribution in [0.2, 0.25) is 0 Å². The molecule has 1 aliphatic heterocycles. The molecule has 23 heavy (non-hydrogen) atoms. The SMILES string of the molecule is CCOc1ccc(C(C#N)N2CCN(CC)CC2C)cc1OC. The zero-order valence-electron chi connectivity index (χ0n) is 14.6. The number of hydrogen-bond acceptors (Lipinski definition) is 5. The topological polar surface area (TPSA) is 48.7 Å². The first-order chi connectivity index (χ1) is 11.1. The van der Waals surface area contributed by atoms with E-state index in [1.54, 1.807) is 7.11 Å². The summed E-state index contributed by atoms with van der Waals surface area (Å²) < 4.78 is 11.0. The highest BCUT2D eigenvalue weighted by molar-refractivity contribution is 5.45. The lowest BCUT2D eigenvalue weighted by molar-refractivity contribution is 0.0682. The molecule has 0 N–H and O–H groups in total. The third-order valence-electron chi connectivity index (χ3n) is 4.47. The molecule has 0 aliphatic carbocycles. The lowest BCUT2D eigenvalue weighted by Gasteiger charge is -2.41. The summed E-state index contributed by atoms with van der Waals surface area (Å²) in [7, 11) is 1.63. The second-order valence-electron chi connectivity index (χ2n) is 5.86. The van der Waals surface area contributed by atoms with Crippen LogP contribution in [0.1, 0.15) is 32.4 Å². The molecule has 5 heteroatoms. The van der Waals surface area contributed by atoms with E-state index in [-0.39, 0.29) is 6.04 Å². The van der Waals surface area contributed by atoms with Crippen LogP contribution in [0.3, 0.4) is 0 Å². The summed E-state index contributed by atoms with van der Waals surface area (Å²) in [5.74, 6) is 1.41. The summed E-state index contributed by atoms with van der Waals surface area (Å²) in [6, 6.07) is 8.36. The van der Waals surface area contributed by atoms with Crippen LogP contribution in [0.25, 0.3) is 0 Å². The van der Waals surface area contributed by atoms with Crippen LogP contribution in [0, 0.1) is 11.3 Å². The van der Waals surface area contributed by atoms with Crippen LogP contribution in [-0.4, -0.2) is 55.7 Å². The number of benzene rings is 1. The zero-order chi connectivity index (χ0) is 16.8. The number of nitrogens with zero attached hydrogens (tertiary/aromatic N) is 3. The van der Waals surface area contributed by atoms with Gasteiger partial charge in [0.1, 0.15) is 6.04 Å². The van der Waals surface area contributed by atoms with Crippen LogP contribution in [0.5, 0.6) is 11.5 Å². The van der Waals surface area contributed by atoms with Crippen LogP contribution < -0.4 is 9.47 Å². The van der Waals surface area contributed by atoms with E-state index in [2.05, 4.69) is 29.7 Å². The standard InChI is InChI=1S/C18H27N3O2/c1-5-20-9-10-21(14(3)13-20)16(12-19)15-7-8-17(23-6-2)18(11-15)22-4/h7-8,11,14,16H,5-6,9-10,13H2,1-4H3. The molecule has 0 bridgehead atoms. The van der Waals surface area contributed by atoms with Crippen molar-refractivity contribution in [2.24, 2.45) is 0 Å². The Labute approximate surface area is 139 Å². The van der Waals surface area contributed by atoms with Crippen molar-refractivity contribution in [3.63, 3.8) is 0 Å². The van der Waals surface area contributed by atoms with E-state index in [0.717, 1.165) is 37.5 Å². The van der Waals surface area contributed by atoms with Crippen LogP contribution in [-0.2, 0) is 0 Å². The first-order valence-electron chi connectivity index (χ1n) is 8.33. The summed E-state index contributed by atoms with van der Waals surface area (Å²) in [5.41, 5.74) is 0.963. The molecule has 2 rings (SSSR count). The van der Waals surface area contributed by atoms with Gasteiger partial charge in [0.25, 0.3) is 0 Å². The number of methoxy groups -OCH3 is 1. The molecule has 1 heterocycles. The molecule has 1 aromatic carbocycles. The minimum Gasteiger partial charge on any atom is -0.493 e. The van der Waals surface area contributed by atoms with Gasteiger partial charge in [0.15, 0.2) is 11.5 Å². The van der Waals surface area contributed by atoms with Crippen molar-refractivity contribution in [2.45, 2.75) is 32.9 Å². The molecule has 0 amide bonds. The molecule has 1 fully saturated rings. The highest BCUT2D eigenvalue weighted by atomic mass is 16.5. The molecule has 1 saturated heterocycles. The van der Waals surface area contributed by atoms with E-state index >= 15 is 0 Å². The number of likely N-dealkylation sites (N-methyl/N-ethyl adjacent to an activating group) is 1. The Morgan fingerprint density at radius 1 is 1.30 bits per heavy atom. The van der Waals surface area contributed by atoms with Gasteiger partial charge in [-0.1, -0.05) is 13.0 Å². The van der Waals surface area contributed by atoms with E-state index in [1.807, 2.05) is 25.1 Å². The Hall–Kier alpha value is -1.77. The van der Waals surface area contributed by atoms with E-state index in [0.29, 0.717) is 18.4 Å². The van der Waals surface area contributed by atoms with Crippen molar-refractivity contribution < 1.29 is 9.47 Å². The Balaban J connectivity index is 2.22. The number of piperazine rings is 1. The average Bonchev–Trinajstić information content (AvgIpc) is 2.58. The molecule has 0 saturated carbocycles. The first-order valence-corrected chi connectivity index (χ1v) is 8.33. The number of hydrogen-bond donors (Lipinski definition) is 0. The maximum absolute atomic E-state index is 9.73. The summed E-state index contributed by atoms with van der Waals surface area (Å²) in [5, 5.41) is 9.73. The van der Waals surface area contributed by atoms with Crippen molar-refractivity contribution in [1.29, 1.82) is 5.26 Å².